The molecule has 2 N–H and O–H groups in total. The average molecular weight is 205 g/mol. The fourth-order valence-electron chi connectivity index (χ4n) is 0.941. The van der Waals surface area contributed by atoms with Crippen molar-refractivity contribution < 1.29 is 9.90 Å². The van der Waals surface area contributed by atoms with Crippen LogP contribution >= 0.6 is 11.8 Å². The van der Waals surface area contributed by atoms with Crippen molar-refractivity contribution in [2.75, 3.05) is 18.6 Å². The molecule has 0 aromatic rings. The highest BCUT2D eigenvalue weighted by Crippen LogP contribution is 2.07. The van der Waals surface area contributed by atoms with Gasteiger partial charge in [-0.3, -0.25) is 4.79 Å². The van der Waals surface area contributed by atoms with Crippen molar-refractivity contribution >= 4 is 17.7 Å². The van der Waals surface area contributed by atoms with Crippen molar-refractivity contribution in [1.82, 2.24) is 5.32 Å². The van der Waals surface area contributed by atoms with E-state index in [-0.39, 0.29) is 6.04 Å². The summed E-state index contributed by atoms with van der Waals surface area (Å²) in [7, 11) is 1.69. The number of likely N-dealkylation sites (N-methyl/N-ethyl adjacent to an activating group) is 1. The zero-order valence-corrected chi connectivity index (χ0v) is 9.19. The molecule has 0 radical (unpaired) electrons. The summed E-state index contributed by atoms with van der Waals surface area (Å²) in [5.74, 6) is 1.32. The van der Waals surface area contributed by atoms with Gasteiger partial charge in [0.1, 0.15) is 6.04 Å². The van der Waals surface area contributed by atoms with E-state index in [1.807, 2.05) is 11.8 Å². The Bertz CT molecular complexity index is 142. The van der Waals surface area contributed by atoms with Gasteiger partial charge in [0.05, 0.1) is 0 Å². The summed E-state index contributed by atoms with van der Waals surface area (Å²) in [6, 6.07) is -0.380. The van der Waals surface area contributed by atoms with Gasteiger partial charge in [0.25, 0.3) is 0 Å². The van der Waals surface area contributed by atoms with Crippen LogP contribution in [0.1, 0.15) is 26.2 Å². The van der Waals surface area contributed by atoms with E-state index in [4.69, 9.17) is 5.11 Å². The lowest BCUT2D eigenvalue weighted by Crippen LogP contribution is -2.34. The Morgan fingerprint density at radius 2 is 2.23 bits per heavy atom. The van der Waals surface area contributed by atoms with Crippen LogP contribution in [0.25, 0.3) is 0 Å². The predicted molar refractivity (Wildman–Crippen MR) is 57.3 cm³/mol. The maximum atomic E-state index is 10.6. The quantitative estimate of drug-likeness (QED) is 0.591. The minimum atomic E-state index is -0.751. The summed E-state index contributed by atoms with van der Waals surface area (Å²) in [5.41, 5.74) is 0. The van der Waals surface area contributed by atoms with Crippen LogP contribution in [0.4, 0.5) is 0 Å². The lowest BCUT2D eigenvalue weighted by atomic mass is 10.2. The second-order valence-electron chi connectivity index (χ2n) is 2.93. The fourth-order valence-corrected chi connectivity index (χ4v) is 2.04. The summed E-state index contributed by atoms with van der Waals surface area (Å²) in [5, 5.41) is 11.5. The molecule has 0 aliphatic heterocycles. The Morgan fingerprint density at radius 3 is 2.69 bits per heavy atom. The van der Waals surface area contributed by atoms with Crippen molar-refractivity contribution in [2.24, 2.45) is 0 Å². The molecular formula is C9H19NO2S. The number of nitrogens with one attached hydrogen (secondary N) is 1. The van der Waals surface area contributed by atoms with Gasteiger partial charge in [0, 0.05) is 0 Å². The second kappa shape index (κ2) is 8.38. The molecule has 0 saturated heterocycles. The Morgan fingerprint density at radius 1 is 1.54 bits per heavy atom. The number of carboxylic acids is 1. The first kappa shape index (κ1) is 12.8. The number of aliphatic carboxylic acids is 1. The Balaban J connectivity index is 3.33. The summed E-state index contributed by atoms with van der Waals surface area (Å²) < 4.78 is 0. The average Bonchev–Trinajstić information content (AvgIpc) is 2.10. The maximum Gasteiger partial charge on any atom is 0.320 e. The van der Waals surface area contributed by atoms with Crippen LogP contribution < -0.4 is 5.32 Å². The minimum absolute atomic E-state index is 0.380. The summed E-state index contributed by atoms with van der Waals surface area (Å²) in [4.78, 5) is 10.6. The van der Waals surface area contributed by atoms with Crippen molar-refractivity contribution in [2.45, 2.75) is 32.2 Å². The largest absolute Gasteiger partial charge is 0.480 e. The first-order chi connectivity index (χ1) is 6.22. The molecule has 1 atom stereocenters. The molecule has 0 heterocycles. The van der Waals surface area contributed by atoms with Crippen molar-refractivity contribution in [3.05, 3.63) is 0 Å². The molecule has 0 fully saturated rings. The van der Waals surface area contributed by atoms with Gasteiger partial charge in [-0.15, -0.1) is 0 Å². The molecular weight excluding hydrogens is 186 g/mol. The number of hydrogen-bond acceptors (Lipinski definition) is 3. The Kier molecular flexibility index (Phi) is 8.24. The third kappa shape index (κ3) is 6.90. The van der Waals surface area contributed by atoms with Crippen molar-refractivity contribution in [3.8, 4) is 0 Å². The smallest absolute Gasteiger partial charge is 0.320 e. The molecule has 0 spiro atoms. The molecule has 4 heteroatoms. The monoisotopic (exact) mass is 205 g/mol. The molecule has 13 heavy (non-hydrogen) atoms. The molecule has 0 aromatic carbocycles. The van der Waals surface area contributed by atoms with Crippen molar-refractivity contribution in [1.29, 1.82) is 0 Å². The zero-order chi connectivity index (χ0) is 10.1. The maximum absolute atomic E-state index is 10.6. The highest BCUT2D eigenvalue weighted by molar-refractivity contribution is 7.99. The third-order valence-corrected chi connectivity index (χ3v) is 2.94. The lowest BCUT2D eigenvalue weighted by molar-refractivity contribution is -0.139. The van der Waals surface area contributed by atoms with Crippen LogP contribution in [-0.4, -0.2) is 35.7 Å². The molecule has 0 rings (SSSR count). The molecule has 0 aromatic heterocycles. The van der Waals surface area contributed by atoms with E-state index in [9.17, 15) is 4.79 Å². The van der Waals surface area contributed by atoms with E-state index in [1.165, 1.54) is 12.8 Å². The number of unbranched alkanes of at least 4 members (excludes halogenated alkanes) is 1. The normalized spacial score (nSPS) is 12.8. The summed E-state index contributed by atoms with van der Waals surface area (Å²) >= 11 is 1.84. The highest BCUT2D eigenvalue weighted by atomic mass is 32.2. The van der Waals surface area contributed by atoms with E-state index in [1.54, 1.807) is 7.05 Å². The van der Waals surface area contributed by atoms with E-state index >= 15 is 0 Å². The third-order valence-electron chi connectivity index (χ3n) is 1.84. The van der Waals surface area contributed by atoms with Gasteiger partial charge in [-0.05, 0) is 31.4 Å². The van der Waals surface area contributed by atoms with Crippen LogP contribution in [0.3, 0.4) is 0 Å². The molecule has 1 unspecified atom stereocenters. The lowest BCUT2D eigenvalue weighted by Gasteiger charge is -2.09. The topological polar surface area (TPSA) is 49.3 Å². The van der Waals surface area contributed by atoms with Crippen LogP contribution in [0, 0.1) is 0 Å². The number of rotatable bonds is 8. The van der Waals surface area contributed by atoms with Crippen LogP contribution in [0.15, 0.2) is 0 Å². The Hall–Kier alpha value is -0.220. The Labute approximate surface area is 84.3 Å². The van der Waals surface area contributed by atoms with Gasteiger partial charge in [-0.2, -0.15) is 11.8 Å². The van der Waals surface area contributed by atoms with E-state index in [0.717, 1.165) is 11.5 Å². The molecule has 0 aliphatic rings. The second-order valence-corrected chi connectivity index (χ2v) is 4.16. The van der Waals surface area contributed by atoms with Crippen LogP contribution in [0.2, 0.25) is 0 Å². The minimum Gasteiger partial charge on any atom is -0.480 e. The summed E-state index contributed by atoms with van der Waals surface area (Å²) in [6.45, 7) is 2.16. The molecule has 3 nitrogen and oxygen atoms in total. The van der Waals surface area contributed by atoms with Gasteiger partial charge < -0.3 is 10.4 Å². The van der Waals surface area contributed by atoms with Gasteiger partial charge in [-0.1, -0.05) is 13.3 Å². The highest BCUT2D eigenvalue weighted by Gasteiger charge is 2.13. The number of hydrogen-bond donors (Lipinski definition) is 2. The number of thioether (sulfide) groups is 1. The van der Waals surface area contributed by atoms with Gasteiger partial charge in [0.2, 0.25) is 0 Å². The molecule has 0 amide bonds. The van der Waals surface area contributed by atoms with E-state index < -0.39 is 5.97 Å². The fraction of sp³-hybridized carbons (Fsp3) is 0.889. The molecule has 78 valence electrons. The first-order valence-corrected chi connectivity index (χ1v) is 5.85. The van der Waals surface area contributed by atoms with Crippen LogP contribution in [0.5, 0.6) is 0 Å². The van der Waals surface area contributed by atoms with E-state index in [0.29, 0.717) is 6.42 Å². The van der Waals surface area contributed by atoms with Gasteiger partial charge in [0.15, 0.2) is 0 Å². The molecule has 0 bridgehead atoms. The number of carboxylic acid groups (broad SMARTS) is 1. The van der Waals surface area contributed by atoms with E-state index in [2.05, 4.69) is 12.2 Å². The standard InChI is InChI=1S/C9H19NO2S/c1-3-4-6-13-7-5-8(10-2)9(11)12/h8,10H,3-7H2,1-2H3,(H,11,12). The van der Waals surface area contributed by atoms with Crippen molar-refractivity contribution in [3.63, 3.8) is 0 Å². The molecule has 0 saturated carbocycles. The SMILES string of the molecule is CCCCSCCC(NC)C(=O)O. The van der Waals surface area contributed by atoms with Crippen LogP contribution in [-0.2, 0) is 4.79 Å². The summed E-state index contributed by atoms with van der Waals surface area (Å²) in [6.07, 6.45) is 3.14. The molecule has 0 aliphatic carbocycles. The number of carbonyl (C=O) groups is 1. The van der Waals surface area contributed by atoms with Gasteiger partial charge in [-0.25, -0.2) is 0 Å². The van der Waals surface area contributed by atoms with Gasteiger partial charge >= 0.3 is 5.97 Å². The zero-order valence-electron chi connectivity index (χ0n) is 8.38. The predicted octanol–water partition coefficient (Wildman–Crippen LogP) is 1.58. The first-order valence-electron chi connectivity index (χ1n) is 4.70.